The van der Waals surface area contributed by atoms with Crippen molar-refractivity contribution < 1.29 is 28.2 Å². The van der Waals surface area contributed by atoms with Gasteiger partial charge in [0.15, 0.2) is 0 Å². The summed E-state index contributed by atoms with van der Waals surface area (Å²) in [7, 11) is 0. The van der Waals surface area contributed by atoms with Crippen LogP contribution in [-0.2, 0) is 16.0 Å². The molecule has 27 heavy (non-hydrogen) atoms. The topological polar surface area (TPSA) is 75.6 Å². The number of carbonyl (C=O) groups is 2. The van der Waals surface area contributed by atoms with Crippen molar-refractivity contribution in [2.75, 3.05) is 6.26 Å². The summed E-state index contributed by atoms with van der Waals surface area (Å²) >= 11 is 1.55. The molecule has 0 fully saturated rings. The van der Waals surface area contributed by atoms with Gasteiger partial charge >= 0.3 is 12.6 Å². The van der Waals surface area contributed by atoms with E-state index in [1.165, 1.54) is 18.2 Å². The summed E-state index contributed by atoms with van der Waals surface area (Å²) in [6.07, 6.45) is 1.42. The number of carboxylic acids is 1. The molecule has 0 aliphatic rings. The number of benzene rings is 2. The van der Waals surface area contributed by atoms with Gasteiger partial charge in [0.2, 0.25) is 5.91 Å². The predicted octanol–water partition coefficient (Wildman–Crippen LogP) is 3.88. The zero-order valence-corrected chi connectivity index (χ0v) is 15.3. The normalized spacial score (nSPS) is 11.9. The van der Waals surface area contributed by atoms with Crippen LogP contribution < -0.4 is 10.1 Å². The quantitative estimate of drug-likeness (QED) is 0.630. The van der Waals surface area contributed by atoms with Gasteiger partial charge in [-0.2, -0.15) is 8.78 Å². The van der Waals surface area contributed by atoms with Gasteiger partial charge in [-0.1, -0.05) is 30.3 Å². The maximum absolute atomic E-state index is 12.5. The number of alkyl halides is 2. The van der Waals surface area contributed by atoms with Gasteiger partial charge in [0.05, 0.1) is 18.9 Å². The molecule has 1 unspecified atom stereocenters. The summed E-state index contributed by atoms with van der Waals surface area (Å²) in [4.78, 5) is 24.6. The highest BCUT2D eigenvalue weighted by atomic mass is 32.2. The summed E-state index contributed by atoms with van der Waals surface area (Å²) in [5.74, 6) is -1.63. The molecule has 0 aromatic heterocycles. The van der Waals surface area contributed by atoms with Crippen LogP contribution in [0.3, 0.4) is 0 Å². The van der Waals surface area contributed by atoms with Crippen LogP contribution >= 0.6 is 11.8 Å². The van der Waals surface area contributed by atoms with Crippen molar-refractivity contribution in [3.63, 3.8) is 0 Å². The lowest BCUT2D eigenvalue weighted by atomic mass is 10.0. The van der Waals surface area contributed by atoms with E-state index < -0.39 is 24.5 Å². The molecular formula is C19H19F2NO4S. The maximum atomic E-state index is 12.5. The van der Waals surface area contributed by atoms with Crippen molar-refractivity contribution >= 4 is 23.6 Å². The smallest absolute Gasteiger partial charge is 0.387 e. The molecular weight excluding hydrogens is 376 g/mol. The van der Waals surface area contributed by atoms with Crippen molar-refractivity contribution in [2.24, 2.45) is 0 Å². The number of halogens is 2. The van der Waals surface area contributed by atoms with E-state index in [0.717, 1.165) is 4.90 Å². The summed E-state index contributed by atoms with van der Waals surface area (Å²) in [5, 5.41) is 11.8. The van der Waals surface area contributed by atoms with E-state index in [4.69, 9.17) is 5.11 Å². The summed E-state index contributed by atoms with van der Waals surface area (Å²) < 4.78 is 29.4. The third kappa shape index (κ3) is 6.56. The molecule has 2 aromatic carbocycles. The fourth-order valence-electron chi connectivity index (χ4n) is 2.54. The third-order valence-corrected chi connectivity index (χ3v) is 4.52. The molecule has 0 aliphatic heterocycles. The molecule has 0 spiro atoms. The number of rotatable bonds is 9. The van der Waals surface area contributed by atoms with Gasteiger partial charge in [0.25, 0.3) is 0 Å². The van der Waals surface area contributed by atoms with Crippen LogP contribution in [0.15, 0.2) is 53.4 Å². The molecule has 2 aromatic rings. The van der Waals surface area contributed by atoms with Crippen molar-refractivity contribution in [1.82, 2.24) is 5.32 Å². The Labute approximate surface area is 159 Å². The molecule has 1 atom stereocenters. The van der Waals surface area contributed by atoms with Crippen molar-refractivity contribution in [2.45, 2.75) is 30.4 Å². The van der Waals surface area contributed by atoms with Gasteiger partial charge in [-0.25, -0.2) is 0 Å². The lowest BCUT2D eigenvalue weighted by Gasteiger charge is -2.18. The fourth-order valence-corrected chi connectivity index (χ4v) is 2.95. The highest BCUT2D eigenvalue weighted by Gasteiger charge is 2.19. The molecule has 0 saturated heterocycles. The number of amides is 1. The average molecular weight is 395 g/mol. The van der Waals surface area contributed by atoms with Crippen LogP contribution in [-0.4, -0.2) is 29.9 Å². The molecule has 0 heterocycles. The summed E-state index contributed by atoms with van der Waals surface area (Å²) in [6, 6.07) is 12.5. The minimum absolute atomic E-state index is 0.0817. The Morgan fingerprint density at radius 1 is 1.15 bits per heavy atom. The largest absolute Gasteiger partial charge is 0.481 e. The average Bonchev–Trinajstić information content (AvgIpc) is 2.62. The second kappa shape index (κ2) is 9.91. The lowest BCUT2D eigenvalue weighted by Crippen LogP contribution is -2.31. The Bertz CT molecular complexity index is 784. The lowest BCUT2D eigenvalue weighted by molar-refractivity contribution is -0.137. The number of aliphatic carboxylic acids is 1. The first kappa shape index (κ1) is 20.7. The minimum Gasteiger partial charge on any atom is -0.481 e. The van der Waals surface area contributed by atoms with Gasteiger partial charge in [-0.3, -0.25) is 9.59 Å². The number of carboxylic acid groups (broad SMARTS) is 1. The molecule has 0 saturated carbocycles. The predicted molar refractivity (Wildman–Crippen MR) is 98.1 cm³/mol. The van der Waals surface area contributed by atoms with E-state index >= 15 is 0 Å². The van der Waals surface area contributed by atoms with Gasteiger partial charge in [0, 0.05) is 10.5 Å². The molecule has 2 rings (SSSR count). The van der Waals surface area contributed by atoms with Crippen molar-refractivity contribution in [1.29, 1.82) is 0 Å². The zero-order chi connectivity index (χ0) is 19.8. The highest BCUT2D eigenvalue weighted by Crippen LogP contribution is 2.23. The molecule has 1 amide bonds. The van der Waals surface area contributed by atoms with Gasteiger partial charge in [-0.15, -0.1) is 11.8 Å². The van der Waals surface area contributed by atoms with E-state index in [-0.39, 0.29) is 18.6 Å². The monoisotopic (exact) mass is 395 g/mol. The van der Waals surface area contributed by atoms with Gasteiger partial charge in [0.1, 0.15) is 5.75 Å². The first-order valence-electron chi connectivity index (χ1n) is 8.07. The molecule has 0 aliphatic carbocycles. The number of ether oxygens (including phenoxy) is 1. The van der Waals surface area contributed by atoms with Crippen LogP contribution in [0.1, 0.15) is 23.6 Å². The molecule has 5 nitrogen and oxygen atoms in total. The Morgan fingerprint density at radius 2 is 1.81 bits per heavy atom. The second-order valence-corrected chi connectivity index (χ2v) is 6.53. The van der Waals surface area contributed by atoms with Crippen molar-refractivity contribution in [3.05, 3.63) is 59.7 Å². The zero-order valence-electron chi connectivity index (χ0n) is 14.5. The Balaban J connectivity index is 2.13. The summed E-state index contributed by atoms with van der Waals surface area (Å²) in [6.45, 7) is -3.00. The third-order valence-electron chi connectivity index (χ3n) is 3.77. The Hall–Kier alpha value is -2.61. The summed E-state index contributed by atoms with van der Waals surface area (Å²) in [5.41, 5.74) is 0.947. The molecule has 0 radical (unpaired) electrons. The van der Waals surface area contributed by atoms with Gasteiger partial charge < -0.3 is 15.2 Å². The number of nitrogens with one attached hydrogen (secondary N) is 1. The fraction of sp³-hybridized carbons (Fsp3) is 0.263. The first-order valence-corrected chi connectivity index (χ1v) is 9.29. The van der Waals surface area contributed by atoms with Crippen LogP contribution in [0.2, 0.25) is 0 Å². The maximum Gasteiger partial charge on any atom is 0.387 e. The Kier molecular flexibility index (Phi) is 7.60. The van der Waals surface area contributed by atoms with Crippen molar-refractivity contribution in [3.8, 4) is 5.75 Å². The van der Waals surface area contributed by atoms with E-state index in [1.54, 1.807) is 30.0 Å². The highest BCUT2D eigenvalue weighted by molar-refractivity contribution is 7.98. The number of hydrogen-bond acceptors (Lipinski definition) is 4. The molecule has 144 valence electrons. The van der Waals surface area contributed by atoms with Crippen LogP contribution in [0, 0.1) is 0 Å². The molecule has 0 bridgehead atoms. The van der Waals surface area contributed by atoms with E-state index in [1.807, 2.05) is 18.4 Å². The Morgan fingerprint density at radius 3 is 2.41 bits per heavy atom. The number of para-hydroxylation sites is 1. The molecule has 2 N–H and O–H groups in total. The number of carbonyl (C=O) groups excluding carboxylic acids is 1. The van der Waals surface area contributed by atoms with E-state index in [2.05, 4.69) is 10.1 Å². The van der Waals surface area contributed by atoms with E-state index in [9.17, 15) is 18.4 Å². The minimum atomic E-state index is -3.00. The van der Waals surface area contributed by atoms with Crippen LogP contribution in [0.5, 0.6) is 5.75 Å². The number of thioether (sulfide) groups is 1. The van der Waals surface area contributed by atoms with Gasteiger partial charge in [-0.05, 0) is 30.0 Å². The van der Waals surface area contributed by atoms with Crippen LogP contribution in [0.4, 0.5) is 8.78 Å². The number of hydrogen-bond donors (Lipinski definition) is 2. The second-order valence-electron chi connectivity index (χ2n) is 5.65. The first-order chi connectivity index (χ1) is 12.9. The molecule has 8 heteroatoms. The SMILES string of the molecule is CSc1ccc(C(CC(=O)O)NC(=O)Cc2ccccc2OC(F)F)cc1. The van der Waals surface area contributed by atoms with E-state index in [0.29, 0.717) is 11.1 Å². The standard InChI is InChI=1S/C19H19F2NO4S/c1-27-14-8-6-12(7-9-14)15(11-18(24)25)22-17(23)10-13-4-2-3-5-16(13)26-19(20)21/h2-9,15,19H,10-11H2,1H3,(H,22,23)(H,24,25). The van der Waals surface area contributed by atoms with Crippen LogP contribution in [0.25, 0.3) is 0 Å².